The van der Waals surface area contributed by atoms with Crippen molar-refractivity contribution >= 4 is 23.5 Å². The molecule has 5 atom stereocenters. The van der Waals surface area contributed by atoms with Crippen LogP contribution < -0.4 is 11.2 Å². The lowest BCUT2D eigenvalue weighted by molar-refractivity contribution is -0.0346. The highest BCUT2D eigenvalue weighted by Gasteiger charge is 2.42. The minimum absolute atomic E-state index is 0.206. The summed E-state index contributed by atoms with van der Waals surface area (Å²) in [5.41, 5.74) is -1.35. The van der Waals surface area contributed by atoms with Crippen LogP contribution in [0.5, 0.6) is 0 Å². The monoisotopic (exact) mass is 492 g/mol. The van der Waals surface area contributed by atoms with Crippen molar-refractivity contribution in [2.75, 3.05) is 6.61 Å². The van der Waals surface area contributed by atoms with Crippen molar-refractivity contribution in [1.82, 2.24) is 9.55 Å². The van der Waals surface area contributed by atoms with E-state index in [4.69, 9.17) is 19.4 Å². The van der Waals surface area contributed by atoms with Crippen LogP contribution in [0, 0.1) is 5.92 Å². The lowest BCUT2D eigenvalue weighted by Gasteiger charge is -2.20. The molecule has 0 bridgehead atoms. The van der Waals surface area contributed by atoms with Crippen molar-refractivity contribution in [2.24, 2.45) is 5.92 Å². The third kappa shape index (κ3) is 7.49. The molecule has 0 spiro atoms. The molecule has 0 saturated carbocycles. The van der Waals surface area contributed by atoms with Crippen LogP contribution in [0.15, 0.2) is 34.5 Å². The lowest BCUT2D eigenvalue weighted by Crippen LogP contribution is -2.33. The van der Waals surface area contributed by atoms with Gasteiger partial charge in [0.05, 0.1) is 12.7 Å². The van der Waals surface area contributed by atoms with Crippen molar-refractivity contribution < 1.29 is 51.2 Å². The molecule has 30 heavy (non-hydrogen) atoms. The van der Waals surface area contributed by atoms with Gasteiger partial charge in [-0.2, -0.15) is 8.62 Å². The zero-order valence-corrected chi connectivity index (χ0v) is 17.7. The molecule has 1 aliphatic heterocycles. The van der Waals surface area contributed by atoms with E-state index in [0.717, 1.165) is 10.6 Å². The molecule has 1 fully saturated rings. The summed E-state index contributed by atoms with van der Waals surface area (Å²) in [6, 6.07) is 1.11. The zero-order valence-electron chi connectivity index (χ0n) is 15.0. The largest absolute Gasteiger partial charge is 0.490 e. The van der Waals surface area contributed by atoms with Crippen molar-refractivity contribution in [3.05, 3.63) is 45.8 Å². The molecular formula is C12H19N2O13P3. The van der Waals surface area contributed by atoms with Gasteiger partial charge in [-0.25, -0.2) is 18.5 Å². The van der Waals surface area contributed by atoms with E-state index in [-0.39, 0.29) is 12.3 Å². The summed E-state index contributed by atoms with van der Waals surface area (Å²) in [5, 5.41) is 0. The number of hydrogen-bond acceptors (Lipinski definition) is 9. The Labute approximate surface area is 168 Å². The number of hydrogen-bond donors (Lipinski definition) is 5. The predicted octanol–water partition coefficient (Wildman–Crippen LogP) is 0.360. The summed E-state index contributed by atoms with van der Waals surface area (Å²) in [5.74, 6) is -0.333. The maximum absolute atomic E-state index is 12.0. The van der Waals surface area contributed by atoms with Gasteiger partial charge in [0, 0.05) is 18.2 Å². The number of nitrogens with one attached hydrogen (secondary N) is 1. The van der Waals surface area contributed by atoms with E-state index < -0.39 is 53.7 Å². The molecule has 1 aromatic rings. The van der Waals surface area contributed by atoms with E-state index in [0.29, 0.717) is 6.42 Å². The molecule has 15 nitrogen and oxygen atoms in total. The van der Waals surface area contributed by atoms with Crippen LogP contribution in [0.3, 0.4) is 0 Å². The molecule has 0 amide bonds. The molecule has 3 unspecified atom stereocenters. The fraction of sp³-hybridized carbons (Fsp3) is 0.500. The Morgan fingerprint density at radius 2 is 1.87 bits per heavy atom. The van der Waals surface area contributed by atoms with Crippen LogP contribution in [-0.2, 0) is 31.6 Å². The SMILES string of the molecule is C=CCC1C[C@@H](COP(=O)(O)OP(=O)(O)OP(=O)(O)O)O[C@H]1n1ccc(=O)[nH]c1=O. The third-order valence-electron chi connectivity index (χ3n) is 3.73. The number of H-pyrrole nitrogens is 1. The Morgan fingerprint density at radius 1 is 1.20 bits per heavy atom. The van der Waals surface area contributed by atoms with Crippen LogP contribution in [0.4, 0.5) is 0 Å². The van der Waals surface area contributed by atoms with Crippen LogP contribution in [-0.4, -0.2) is 41.8 Å². The molecular weight excluding hydrogens is 473 g/mol. The van der Waals surface area contributed by atoms with Gasteiger partial charge in [0.1, 0.15) is 6.23 Å². The highest BCUT2D eigenvalue weighted by atomic mass is 31.3. The van der Waals surface area contributed by atoms with Crippen molar-refractivity contribution in [2.45, 2.75) is 25.2 Å². The fourth-order valence-electron chi connectivity index (χ4n) is 2.75. The summed E-state index contributed by atoms with van der Waals surface area (Å²) in [6.07, 6.45) is 1.60. The first kappa shape index (κ1) is 25.1. The number of aromatic amines is 1. The van der Waals surface area contributed by atoms with Crippen molar-refractivity contribution in [3.63, 3.8) is 0 Å². The van der Waals surface area contributed by atoms with Crippen LogP contribution in [0.1, 0.15) is 19.1 Å². The smallest absolute Gasteiger partial charge is 0.352 e. The highest BCUT2D eigenvalue weighted by molar-refractivity contribution is 7.66. The van der Waals surface area contributed by atoms with Crippen LogP contribution in [0.2, 0.25) is 0 Å². The predicted molar refractivity (Wildman–Crippen MR) is 98.0 cm³/mol. The molecule has 2 heterocycles. The minimum atomic E-state index is -5.63. The van der Waals surface area contributed by atoms with Gasteiger partial charge in [-0.05, 0) is 12.8 Å². The van der Waals surface area contributed by atoms with Crippen LogP contribution in [0.25, 0.3) is 0 Å². The molecule has 1 aromatic heterocycles. The normalized spacial score (nSPS) is 26.1. The average molecular weight is 492 g/mol. The van der Waals surface area contributed by atoms with Gasteiger partial charge >= 0.3 is 29.2 Å². The second-order valence-corrected chi connectivity index (χ2v) is 10.5. The maximum atomic E-state index is 12.0. The third-order valence-corrected chi connectivity index (χ3v) is 7.54. The van der Waals surface area contributed by atoms with Crippen molar-refractivity contribution in [3.8, 4) is 0 Å². The quantitative estimate of drug-likeness (QED) is 0.220. The molecule has 0 aliphatic carbocycles. The number of allylic oxidation sites excluding steroid dienone is 1. The fourth-order valence-corrected chi connectivity index (χ4v) is 5.80. The number of ether oxygens (including phenoxy) is 1. The molecule has 0 aromatic carbocycles. The Morgan fingerprint density at radius 3 is 2.43 bits per heavy atom. The maximum Gasteiger partial charge on any atom is 0.490 e. The van der Waals surface area contributed by atoms with Gasteiger partial charge in [-0.1, -0.05) is 6.08 Å². The molecule has 1 saturated heterocycles. The van der Waals surface area contributed by atoms with E-state index in [9.17, 15) is 28.2 Å². The Kier molecular flexibility index (Phi) is 7.94. The molecule has 18 heteroatoms. The zero-order chi connectivity index (χ0) is 22.7. The standard InChI is InChI=1S/C12H19N2O13P3/c1-2-3-8-6-9(25-11(8)14-5-4-10(15)13-12(14)16)7-24-29(20,21)27-30(22,23)26-28(17,18)19/h2,4-5,8-9,11H,1,3,6-7H2,(H,20,21)(H,22,23)(H,13,15,16)(H2,17,18,19)/t8?,9-,11+/m0/s1. The summed E-state index contributed by atoms with van der Waals surface area (Å²) in [7, 11) is -16.4. The van der Waals surface area contributed by atoms with E-state index in [2.05, 4.69) is 24.7 Å². The van der Waals surface area contributed by atoms with E-state index in [1.807, 2.05) is 0 Å². The van der Waals surface area contributed by atoms with Gasteiger partial charge in [0.25, 0.3) is 5.56 Å². The second kappa shape index (κ2) is 9.51. The summed E-state index contributed by atoms with van der Waals surface area (Å²) in [4.78, 5) is 60.9. The van der Waals surface area contributed by atoms with Gasteiger partial charge in [-0.15, -0.1) is 6.58 Å². The highest BCUT2D eigenvalue weighted by Crippen LogP contribution is 2.66. The van der Waals surface area contributed by atoms with Gasteiger partial charge in [-0.3, -0.25) is 18.9 Å². The summed E-state index contributed by atoms with van der Waals surface area (Å²) >= 11 is 0. The topological polar surface area (TPSA) is 224 Å². The summed E-state index contributed by atoms with van der Waals surface area (Å²) < 4.78 is 52.3. The first-order valence-corrected chi connectivity index (χ1v) is 12.6. The number of phosphoric ester groups is 1. The lowest BCUT2D eigenvalue weighted by atomic mass is 9.99. The average Bonchev–Trinajstić information content (AvgIpc) is 2.93. The number of phosphoric acid groups is 3. The Hall–Kier alpha value is -1.21. The Bertz CT molecular complexity index is 1030. The first-order valence-electron chi connectivity index (χ1n) is 8.07. The van der Waals surface area contributed by atoms with E-state index >= 15 is 0 Å². The van der Waals surface area contributed by atoms with Crippen molar-refractivity contribution in [1.29, 1.82) is 0 Å². The van der Waals surface area contributed by atoms with E-state index in [1.54, 1.807) is 6.08 Å². The van der Waals surface area contributed by atoms with Gasteiger partial charge in [0.15, 0.2) is 0 Å². The minimum Gasteiger partial charge on any atom is -0.352 e. The molecule has 5 N–H and O–H groups in total. The number of rotatable bonds is 10. The first-order chi connectivity index (χ1) is 13.7. The summed E-state index contributed by atoms with van der Waals surface area (Å²) in [6.45, 7) is 2.95. The van der Waals surface area contributed by atoms with Crippen LogP contribution >= 0.6 is 23.5 Å². The molecule has 1 aliphatic rings. The number of nitrogens with zero attached hydrogens (tertiary/aromatic N) is 1. The van der Waals surface area contributed by atoms with Gasteiger partial charge in [0.2, 0.25) is 0 Å². The van der Waals surface area contributed by atoms with Gasteiger partial charge < -0.3 is 24.3 Å². The van der Waals surface area contributed by atoms with E-state index in [1.165, 1.54) is 6.20 Å². The second-order valence-electron chi connectivity index (χ2n) is 6.07. The Balaban J connectivity index is 2.06. The molecule has 2 rings (SSSR count). The molecule has 170 valence electrons. The molecule has 0 radical (unpaired) electrons. The number of aromatic nitrogens is 2.